The monoisotopic (exact) mass is 1490 g/mol. The number of aliphatic hydroxyl groups is 4. The molecule has 2 aliphatic carbocycles. The Balaban J connectivity index is 0.829. The largest absolute Gasteiger partial charge is 0.456 e. The molecule has 0 fully saturated rings. The Bertz CT molecular complexity index is 6000. The van der Waals surface area contributed by atoms with Crippen LogP contribution in [0.3, 0.4) is 0 Å². The molecule has 14 aromatic rings. The van der Waals surface area contributed by atoms with Crippen molar-refractivity contribution in [3.63, 3.8) is 0 Å². The molecule has 0 bridgehead atoms. The van der Waals surface area contributed by atoms with Crippen LogP contribution in [-0.4, -0.2) is 20.4 Å². The third-order valence-electron chi connectivity index (χ3n) is 21.6. The summed E-state index contributed by atoms with van der Waals surface area (Å²) in [6.07, 6.45) is -1.53. The second-order valence-electron chi connectivity index (χ2n) is 30.5. The van der Waals surface area contributed by atoms with Gasteiger partial charge in [0.25, 0.3) is 0 Å². The molecule has 0 amide bonds. The summed E-state index contributed by atoms with van der Waals surface area (Å²) in [4.78, 5) is 0. The van der Waals surface area contributed by atoms with Crippen molar-refractivity contribution in [2.75, 3.05) is 0 Å². The fourth-order valence-electron chi connectivity index (χ4n) is 16.0. The Kier molecular flexibility index (Phi) is 19.0. The fraction of sp³-hybridized carbons (Fsp3) is 0.175. The van der Waals surface area contributed by atoms with Gasteiger partial charge in [0, 0.05) is 5.41 Å². The average Bonchev–Trinajstić information content (AvgIpc) is 1.52. The Hall–Kier alpha value is -13.7. The van der Waals surface area contributed by atoms with E-state index in [-0.39, 0.29) is 91.2 Å². The van der Waals surface area contributed by atoms with Crippen LogP contribution in [-0.2, 0) is 16.2 Å². The standard InChI is InChI=1S/C97H76N4O12/c1-55(102)59-21-25-67-41-71(33-29-63(67)37-59)106-83-13-9-17-87(75(83)49-98)110-91-45-79-81(47-93(91)112-89-19-11-15-85(77(89)51-100)108-73-35-31-65-39-61(57(3)104)23-27-69(65)43-73)97(53-95(79,5)6)54-96(7,8)80-46-92(111-88-18-10-14-84(76(88)50-99)107-72-34-30-64-38-60(56(2)103)22-26-68(64)42-72)94(48-82(80)97)113-90-20-12-16-86(78(90)52-101)109-74-36-32-66-40-62(58(4)105)24-28-70(66)44-74/h9-48,55-58,102-105H,53-54H2,1-8H3. The third-order valence-corrected chi connectivity index (χ3v) is 21.6. The molecule has 4 N–H and O–H groups in total. The van der Waals surface area contributed by atoms with Gasteiger partial charge in [0.05, 0.1) is 24.4 Å². The highest BCUT2D eigenvalue weighted by molar-refractivity contribution is 5.88. The molecule has 16 nitrogen and oxygen atoms in total. The van der Waals surface area contributed by atoms with Gasteiger partial charge in [0.1, 0.15) is 116 Å². The van der Waals surface area contributed by atoms with Gasteiger partial charge in [-0.1, -0.05) is 125 Å². The zero-order valence-corrected chi connectivity index (χ0v) is 63.2. The normalized spacial score (nSPS) is 15.4. The third kappa shape index (κ3) is 14.1. The molecular weight excluding hydrogens is 1410 g/mol. The second-order valence-corrected chi connectivity index (χ2v) is 30.5. The summed E-state index contributed by atoms with van der Waals surface area (Å²) in [5.41, 5.74) is 4.94. The highest BCUT2D eigenvalue weighted by Gasteiger charge is 2.57. The van der Waals surface area contributed by atoms with E-state index < -0.39 is 40.7 Å². The van der Waals surface area contributed by atoms with Gasteiger partial charge in [-0.15, -0.1) is 0 Å². The molecule has 0 saturated heterocycles. The number of hydrogen-bond acceptors (Lipinski definition) is 16. The maximum Gasteiger partial charge on any atom is 0.170 e. The molecule has 0 aliphatic heterocycles. The minimum absolute atomic E-state index is 0.0827. The van der Waals surface area contributed by atoms with Crippen LogP contribution >= 0.6 is 0 Å². The minimum Gasteiger partial charge on any atom is -0.456 e. The van der Waals surface area contributed by atoms with E-state index in [0.29, 0.717) is 35.8 Å². The maximum atomic E-state index is 11.3. The first-order valence-electron chi connectivity index (χ1n) is 37.3. The smallest absolute Gasteiger partial charge is 0.170 e. The SMILES string of the molecule is CC(O)c1ccc2cc(Oc3cccc(Oc4cc5c(cc4Oc4cccc(Oc6ccc7cc(C(C)O)ccc7c6)c4C#N)C4(CC5(C)C)CC(C)(C)c5cc(Oc6cccc(Oc7ccc8cc(C(C)O)ccc8c7)c6C#N)c(Oc6cccc(Oc7ccc8cc(C(C)O)ccc8c7)c6C#N)cc54)c3C#N)ccc2c1. The molecule has 2 aliphatic rings. The van der Waals surface area contributed by atoms with Gasteiger partial charge >= 0.3 is 0 Å². The summed E-state index contributed by atoms with van der Waals surface area (Å²) in [6.45, 7) is 15.6. The molecule has 113 heavy (non-hydrogen) atoms. The van der Waals surface area contributed by atoms with E-state index in [4.69, 9.17) is 37.9 Å². The topological polar surface area (TPSA) is 250 Å². The lowest BCUT2D eigenvalue weighted by atomic mass is 9.72. The fourth-order valence-corrected chi connectivity index (χ4v) is 16.0. The first-order valence-corrected chi connectivity index (χ1v) is 37.3. The molecule has 14 aromatic carbocycles. The molecule has 16 heteroatoms. The number of rotatable bonds is 20. The van der Waals surface area contributed by atoms with E-state index in [1.807, 2.05) is 146 Å². The lowest BCUT2D eigenvalue weighted by Gasteiger charge is -2.31. The highest BCUT2D eigenvalue weighted by Crippen LogP contribution is 2.66. The number of nitriles is 4. The minimum atomic E-state index is -0.845. The molecule has 16 rings (SSSR count). The van der Waals surface area contributed by atoms with E-state index in [0.717, 1.165) is 87.6 Å². The lowest BCUT2D eigenvalue weighted by Crippen LogP contribution is -2.27. The average molecular weight is 1490 g/mol. The van der Waals surface area contributed by atoms with Crippen LogP contribution in [0.4, 0.5) is 0 Å². The van der Waals surface area contributed by atoms with E-state index in [9.17, 15) is 41.5 Å². The summed E-state index contributed by atoms with van der Waals surface area (Å²) < 4.78 is 54.7. The summed E-state index contributed by atoms with van der Waals surface area (Å²) >= 11 is 0. The molecule has 1 spiro atoms. The predicted octanol–water partition coefficient (Wildman–Crippen LogP) is 24.0. The molecule has 0 saturated carbocycles. The van der Waals surface area contributed by atoms with Crippen LogP contribution < -0.4 is 37.9 Å². The highest BCUT2D eigenvalue weighted by atomic mass is 16.5. The molecular formula is C97H76N4O12. The summed E-state index contributed by atoms with van der Waals surface area (Å²) in [5, 5.41) is 93.3. The molecule has 4 unspecified atom stereocenters. The van der Waals surface area contributed by atoms with Gasteiger partial charge in [0.15, 0.2) is 23.0 Å². The number of aliphatic hydroxyl groups excluding tert-OH is 4. The van der Waals surface area contributed by atoms with Crippen LogP contribution in [0, 0.1) is 45.3 Å². The quantitative estimate of drug-likeness (QED) is 0.0554. The molecule has 0 heterocycles. The van der Waals surface area contributed by atoms with Crippen LogP contribution in [0.1, 0.15) is 159 Å². The van der Waals surface area contributed by atoms with E-state index >= 15 is 0 Å². The van der Waals surface area contributed by atoms with Gasteiger partial charge in [-0.3, -0.25) is 0 Å². The Labute approximate surface area is 653 Å². The summed E-state index contributed by atoms with van der Waals surface area (Å²) in [5.74, 6) is 4.19. The first-order chi connectivity index (χ1) is 54.4. The van der Waals surface area contributed by atoms with Crippen molar-refractivity contribution >= 4 is 43.1 Å². The first kappa shape index (κ1) is 73.5. The number of fused-ring (bicyclic) bond motifs is 8. The van der Waals surface area contributed by atoms with Crippen molar-refractivity contribution in [2.45, 2.75) is 109 Å². The summed E-state index contributed by atoms with van der Waals surface area (Å²) in [7, 11) is 0. The van der Waals surface area contributed by atoms with Crippen molar-refractivity contribution in [3.8, 4) is 116 Å². The van der Waals surface area contributed by atoms with Crippen molar-refractivity contribution in [1.29, 1.82) is 21.0 Å². The summed E-state index contributed by atoms with van der Waals surface area (Å²) in [6, 6.07) is 82.9. The molecule has 0 radical (unpaired) electrons. The van der Waals surface area contributed by atoms with Crippen LogP contribution in [0.25, 0.3) is 43.1 Å². The molecule has 0 aromatic heterocycles. The second kappa shape index (κ2) is 29.3. The van der Waals surface area contributed by atoms with Crippen LogP contribution in [0.15, 0.2) is 243 Å². The van der Waals surface area contributed by atoms with Crippen LogP contribution in [0.5, 0.6) is 92.0 Å². The molecule has 4 atom stereocenters. The van der Waals surface area contributed by atoms with Gasteiger partial charge in [0.2, 0.25) is 0 Å². The van der Waals surface area contributed by atoms with Crippen molar-refractivity contribution in [1.82, 2.24) is 0 Å². The van der Waals surface area contributed by atoms with Crippen LogP contribution in [0.2, 0.25) is 0 Å². The van der Waals surface area contributed by atoms with Gasteiger partial charge in [-0.2, -0.15) is 21.0 Å². The van der Waals surface area contributed by atoms with Crippen molar-refractivity contribution in [3.05, 3.63) is 309 Å². The number of hydrogen-bond donors (Lipinski definition) is 4. The zero-order valence-electron chi connectivity index (χ0n) is 63.2. The van der Waals surface area contributed by atoms with E-state index in [1.54, 1.807) is 125 Å². The van der Waals surface area contributed by atoms with E-state index in [1.165, 1.54) is 0 Å². The maximum absolute atomic E-state index is 11.3. The Morgan fingerprint density at radius 1 is 0.257 bits per heavy atom. The van der Waals surface area contributed by atoms with Crippen molar-refractivity contribution in [2.24, 2.45) is 0 Å². The van der Waals surface area contributed by atoms with Gasteiger partial charge in [-0.05, 0) is 285 Å². The Morgan fingerprint density at radius 2 is 0.460 bits per heavy atom. The number of nitrogens with zero attached hydrogens (tertiary/aromatic N) is 4. The number of ether oxygens (including phenoxy) is 8. The van der Waals surface area contributed by atoms with E-state index in [2.05, 4.69) is 52.0 Å². The number of benzene rings is 14. The van der Waals surface area contributed by atoms with Crippen molar-refractivity contribution < 1.29 is 58.3 Å². The zero-order chi connectivity index (χ0) is 78.8. The van der Waals surface area contributed by atoms with Gasteiger partial charge in [-0.25, -0.2) is 0 Å². The molecule has 556 valence electrons. The Morgan fingerprint density at radius 3 is 0.681 bits per heavy atom. The predicted molar refractivity (Wildman–Crippen MR) is 432 cm³/mol. The van der Waals surface area contributed by atoms with Gasteiger partial charge < -0.3 is 58.3 Å². The lowest BCUT2D eigenvalue weighted by molar-refractivity contribution is 0.199.